The van der Waals surface area contributed by atoms with Crippen LogP contribution >= 0.6 is 0 Å². The van der Waals surface area contributed by atoms with E-state index in [1.54, 1.807) is 0 Å². The Morgan fingerprint density at radius 1 is 1.25 bits per heavy atom. The number of rotatable bonds is 0. The molecule has 0 bridgehead atoms. The van der Waals surface area contributed by atoms with Crippen LogP contribution in [0.15, 0.2) is 0 Å². The summed E-state index contributed by atoms with van der Waals surface area (Å²) in [6.45, 7) is 0. The van der Waals surface area contributed by atoms with E-state index in [4.69, 9.17) is 3.80 Å². The van der Waals surface area contributed by atoms with Gasteiger partial charge in [0.05, 0.1) is 0 Å². The Hall–Kier alpha value is 1.27. The first-order chi connectivity index (χ1) is 1.00. The Balaban J connectivity index is -0.00000000500. The van der Waals surface area contributed by atoms with Crippen molar-refractivity contribution in [3.8, 4) is 0 Å². The molecule has 0 amide bonds. The summed E-state index contributed by atoms with van der Waals surface area (Å²) < 4.78 is 8.28. The van der Waals surface area contributed by atoms with Gasteiger partial charge in [0, 0.05) is 0 Å². The summed E-state index contributed by atoms with van der Waals surface area (Å²) in [5, 5.41) is 0. The Kier molecular flexibility index (Phi) is 132. The Labute approximate surface area is 53.1 Å². The van der Waals surface area contributed by atoms with Crippen LogP contribution < -0.4 is 0 Å². The molecule has 0 N–H and O–H groups in total. The van der Waals surface area contributed by atoms with Gasteiger partial charge in [-0.1, -0.05) is 0 Å². The van der Waals surface area contributed by atoms with Gasteiger partial charge in [-0.25, -0.2) is 0 Å². The fourth-order valence-corrected chi connectivity index (χ4v) is 0. The summed E-state index contributed by atoms with van der Waals surface area (Å²) in [4.78, 5) is 0. The van der Waals surface area contributed by atoms with E-state index in [2.05, 4.69) is 0 Å². The van der Waals surface area contributed by atoms with Crippen molar-refractivity contribution in [2.45, 2.75) is 0 Å². The molecular weight excluding hydrogens is 76.3 g/mol. The van der Waals surface area contributed by atoms with E-state index in [1.807, 2.05) is 0 Å². The third-order valence-corrected chi connectivity index (χ3v) is 0. The molecule has 0 unspecified atom stereocenters. The topological polar surface area (TPSA) is 17.1 Å². The van der Waals surface area contributed by atoms with Crippen LogP contribution in [0.25, 0.3) is 0 Å². The molecule has 0 aromatic carbocycles. The van der Waals surface area contributed by atoms with Crippen molar-refractivity contribution in [1.29, 1.82) is 0 Å². The molecule has 0 saturated heterocycles. The normalized spacial score (nSPS) is 0.750. The van der Waals surface area contributed by atoms with Crippen molar-refractivity contribution < 1.29 is 3.80 Å². The summed E-state index contributed by atoms with van der Waals surface area (Å²) >= 11 is 0.611. The zero-order valence-electron chi connectivity index (χ0n) is 1.12. The van der Waals surface area contributed by atoms with Crippen molar-refractivity contribution >= 4 is 49.4 Å². The molecule has 0 aliphatic rings. The van der Waals surface area contributed by atoms with Crippen LogP contribution in [0.4, 0.5) is 0 Å². The second kappa shape index (κ2) is 28.4. The summed E-state index contributed by atoms with van der Waals surface area (Å²) in [6, 6.07) is 0. The fourth-order valence-electron chi connectivity index (χ4n) is 0. The van der Waals surface area contributed by atoms with Gasteiger partial charge in [0.2, 0.25) is 0 Å². The van der Waals surface area contributed by atoms with E-state index in [0.29, 0.717) is 16.2 Å². The van der Waals surface area contributed by atoms with Crippen molar-refractivity contribution in [3.63, 3.8) is 0 Å². The summed E-state index contributed by atoms with van der Waals surface area (Å²) in [5.74, 6) is 0. The first-order valence-corrected chi connectivity index (χ1v) is 0.866. The monoisotopic (exact) mass is 81.0 g/mol. The maximum absolute atomic E-state index is 8.28. The average Bonchev–Trinajstić information content (AvgIpc) is 1.00. The van der Waals surface area contributed by atoms with Crippen LogP contribution in [0.5, 0.6) is 0 Å². The van der Waals surface area contributed by atoms with Gasteiger partial charge in [-0.3, -0.25) is 0 Å². The van der Waals surface area contributed by atoms with Crippen molar-refractivity contribution in [1.82, 2.24) is 0 Å². The zero-order valence-corrected chi connectivity index (χ0v) is 2.53. The van der Waals surface area contributed by atoms with E-state index in [1.165, 1.54) is 0 Å². The molecule has 0 spiro atoms. The van der Waals surface area contributed by atoms with Crippen LogP contribution in [0, 0.1) is 0 Å². The van der Waals surface area contributed by atoms with E-state index >= 15 is 0 Å². The SMILES string of the molecule is [BeH2].[MgH2].[O]=[AlH]. The Bertz CT molecular complexity index is 8.00. The first-order valence-electron chi connectivity index (χ1n) is 0.289. The van der Waals surface area contributed by atoms with Crippen molar-refractivity contribution in [2.75, 3.05) is 0 Å². The molecule has 0 fully saturated rings. The molecule has 1 nitrogen and oxygen atoms in total. The van der Waals surface area contributed by atoms with Gasteiger partial charge in [-0.05, 0) is 0 Å². The van der Waals surface area contributed by atoms with Gasteiger partial charge < -0.3 is 0 Å². The standard InChI is InChI=1S/Al.Be.Mg.O.5H. The molecule has 4 heteroatoms. The van der Waals surface area contributed by atoms with Crippen molar-refractivity contribution in [3.05, 3.63) is 0 Å². The van der Waals surface area contributed by atoms with Crippen LogP contribution in [-0.2, 0) is 3.80 Å². The van der Waals surface area contributed by atoms with Gasteiger partial charge in [0.1, 0.15) is 0 Å². The average molecular weight is 81.3 g/mol. The van der Waals surface area contributed by atoms with Gasteiger partial charge in [0.15, 0.2) is 0 Å². The van der Waals surface area contributed by atoms with Gasteiger partial charge in [0.25, 0.3) is 0 Å². The van der Waals surface area contributed by atoms with Gasteiger partial charge in [-0.15, -0.1) is 0 Å². The quantitative estimate of drug-likeness (QED) is 0.292. The molecule has 0 aromatic heterocycles. The van der Waals surface area contributed by atoms with E-state index in [0.717, 1.165) is 0 Å². The van der Waals surface area contributed by atoms with E-state index in [-0.39, 0.29) is 33.2 Å². The van der Waals surface area contributed by atoms with E-state index < -0.39 is 0 Å². The summed E-state index contributed by atoms with van der Waals surface area (Å²) in [7, 11) is 0. The molecule has 0 atom stereocenters. The second-order valence-electron chi connectivity index (χ2n) is 0. The predicted octanol–water partition coefficient (Wildman–Crippen LogP) is -2.60. The molecule has 0 radical (unpaired) electrons. The van der Waals surface area contributed by atoms with Crippen molar-refractivity contribution in [2.24, 2.45) is 0 Å². The van der Waals surface area contributed by atoms with Gasteiger partial charge >= 0.3 is 53.2 Å². The minimum absolute atomic E-state index is 0. The molecule has 0 aliphatic heterocycles. The zero-order chi connectivity index (χ0) is 2.00. The third kappa shape index (κ3) is 10.5. The predicted molar refractivity (Wildman–Crippen MR) is 24.9 cm³/mol. The Morgan fingerprint density at radius 2 is 1.25 bits per heavy atom. The summed E-state index contributed by atoms with van der Waals surface area (Å²) in [5.41, 5.74) is 0. The molecule has 4 heavy (non-hydrogen) atoms. The number of hydrogen-bond donors (Lipinski definition) is 0. The Morgan fingerprint density at radius 3 is 1.25 bits per heavy atom. The second-order valence-corrected chi connectivity index (χ2v) is 0. The minimum atomic E-state index is 0. The van der Waals surface area contributed by atoms with Crippen LogP contribution in [0.1, 0.15) is 0 Å². The number of hydrogen-bond acceptors (Lipinski definition) is 1. The first kappa shape index (κ1) is 18.7. The molecule has 0 rings (SSSR count). The third-order valence-electron chi connectivity index (χ3n) is 0. The molecule has 0 saturated carbocycles. The fraction of sp³-hybridized carbons (Fsp3) is 0. The molecular formula is H5AlBeMgO. The maximum atomic E-state index is 8.28. The van der Waals surface area contributed by atoms with E-state index in [9.17, 15) is 0 Å². The molecule has 0 aromatic rings. The van der Waals surface area contributed by atoms with Crippen LogP contribution in [0.2, 0.25) is 0 Å². The molecule has 18 valence electrons. The summed E-state index contributed by atoms with van der Waals surface area (Å²) in [6.07, 6.45) is 0. The van der Waals surface area contributed by atoms with Crippen LogP contribution in [-0.4, -0.2) is 49.4 Å². The molecule has 0 aliphatic carbocycles. The van der Waals surface area contributed by atoms with Gasteiger partial charge in [-0.2, -0.15) is 0 Å². The molecule has 0 heterocycles. The van der Waals surface area contributed by atoms with Crippen LogP contribution in [0.3, 0.4) is 0 Å².